The van der Waals surface area contributed by atoms with Crippen LogP contribution < -0.4 is 5.32 Å². The number of amides is 2. The second kappa shape index (κ2) is 9.98. The molecule has 154 valence electrons. The molecule has 1 aromatic rings. The van der Waals surface area contributed by atoms with E-state index < -0.39 is 0 Å². The molecule has 0 saturated carbocycles. The molecule has 0 bridgehead atoms. The lowest BCUT2D eigenvalue weighted by atomic mass is 9.93. The molecule has 2 amide bonds. The van der Waals surface area contributed by atoms with Gasteiger partial charge in [0.25, 0.3) is 5.91 Å². The number of carbonyl (C=O) groups excluding carboxylic acids is 2. The Morgan fingerprint density at radius 2 is 2.00 bits per heavy atom. The molecule has 7 heteroatoms. The van der Waals surface area contributed by atoms with Crippen LogP contribution in [0.3, 0.4) is 0 Å². The van der Waals surface area contributed by atoms with Crippen molar-refractivity contribution in [1.29, 1.82) is 0 Å². The van der Waals surface area contributed by atoms with Crippen molar-refractivity contribution in [3.8, 4) is 0 Å². The Morgan fingerprint density at radius 3 is 2.71 bits per heavy atom. The largest absolute Gasteiger partial charge is 0.383 e. The van der Waals surface area contributed by atoms with Gasteiger partial charge in [0.2, 0.25) is 5.91 Å². The van der Waals surface area contributed by atoms with E-state index in [1.807, 2.05) is 4.90 Å². The second-order valence-corrected chi connectivity index (χ2v) is 7.65. The number of ether oxygens (including phenoxy) is 1. The molecular weight excluding hydrogens is 361 g/mol. The first-order valence-corrected chi connectivity index (χ1v) is 10.1. The zero-order valence-electron chi connectivity index (χ0n) is 16.5. The lowest BCUT2D eigenvalue weighted by molar-refractivity contribution is -0.127. The van der Waals surface area contributed by atoms with Crippen LogP contribution in [-0.2, 0) is 9.53 Å². The van der Waals surface area contributed by atoms with Gasteiger partial charge in [0, 0.05) is 44.9 Å². The second-order valence-electron chi connectivity index (χ2n) is 7.65. The van der Waals surface area contributed by atoms with Crippen molar-refractivity contribution in [2.75, 3.05) is 46.4 Å². The summed E-state index contributed by atoms with van der Waals surface area (Å²) < 4.78 is 18.4. The summed E-state index contributed by atoms with van der Waals surface area (Å²) in [5.74, 6) is -0.353. The van der Waals surface area contributed by atoms with E-state index >= 15 is 0 Å². The first-order chi connectivity index (χ1) is 13.6. The highest BCUT2D eigenvalue weighted by Crippen LogP contribution is 2.24. The number of benzene rings is 1. The van der Waals surface area contributed by atoms with Gasteiger partial charge < -0.3 is 15.0 Å². The minimum absolute atomic E-state index is 0.0255. The first kappa shape index (κ1) is 20.7. The van der Waals surface area contributed by atoms with Crippen molar-refractivity contribution in [2.24, 2.45) is 5.92 Å². The van der Waals surface area contributed by atoms with Crippen molar-refractivity contribution < 1.29 is 18.7 Å². The van der Waals surface area contributed by atoms with Crippen LogP contribution in [0.5, 0.6) is 0 Å². The van der Waals surface area contributed by atoms with Gasteiger partial charge in [0.1, 0.15) is 5.82 Å². The first-order valence-electron chi connectivity index (χ1n) is 10.1. The van der Waals surface area contributed by atoms with E-state index in [1.165, 1.54) is 12.1 Å². The third-order valence-corrected chi connectivity index (χ3v) is 5.77. The van der Waals surface area contributed by atoms with Crippen molar-refractivity contribution in [1.82, 2.24) is 15.1 Å². The summed E-state index contributed by atoms with van der Waals surface area (Å²) in [5, 5.41) is 2.95. The smallest absolute Gasteiger partial charge is 0.253 e. The summed E-state index contributed by atoms with van der Waals surface area (Å²) >= 11 is 0. The molecule has 2 heterocycles. The molecule has 28 heavy (non-hydrogen) atoms. The lowest BCUT2D eigenvalue weighted by Gasteiger charge is -2.42. The van der Waals surface area contributed by atoms with Gasteiger partial charge in [0.05, 0.1) is 12.5 Å². The molecule has 0 radical (unpaired) electrons. The average molecular weight is 391 g/mol. The molecule has 0 aliphatic carbocycles. The van der Waals surface area contributed by atoms with Crippen molar-refractivity contribution >= 4 is 11.8 Å². The fourth-order valence-electron chi connectivity index (χ4n) is 4.21. The summed E-state index contributed by atoms with van der Waals surface area (Å²) in [4.78, 5) is 29.2. The number of carbonyl (C=O) groups is 2. The topological polar surface area (TPSA) is 61.9 Å². The van der Waals surface area contributed by atoms with E-state index in [0.717, 1.165) is 38.8 Å². The van der Waals surface area contributed by atoms with E-state index in [4.69, 9.17) is 4.74 Å². The fourth-order valence-corrected chi connectivity index (χ4v) is 4.21. The standard InChI is InChI=1S/C21H30FN3O3/c1-28-13-9-23-20(26)17-5-3-10-25(15-17)19-7-11-24(12-8-19)21(27)16-4-2-6-18(22)14-16/h2,4,6,14,17,19H,3,5,7-13,15H2,1H3,(H,23,26). The molecular formula is C21H30FN3O3. The average Bonchev–Trinajstić information content (AvgIpc) is 2.73. The summed E-state index contributed by atoms with van der Waals surface area (Å²) in [7, 11) is 1.62. The SMILES string of the molecule is COCCNC(=O)C1CCCN(C2CCN(C(=O)c3cccc(F)c3)CC2)C1. The number of likely N-dealkylation sites (tertiary alicyclic amines) is 2. The summed E-state index contributed by atoms with van der Waals surface area (Å²) in [6, 6.07) is 6.27. The monoisotopic (exact) mass is 391 g/mol. The summed E-state index contributed by atoms with van der Waals surface area (Å²) in [6.07, 6.45) is 3.72. The van der Waals surface area contributed by atoms with Crippen LogP contribution in [0.25, 0.3) is 0 Å². The number of halogens is 1. The predicted molar refractivity (Wildman–Crippen MR) is 105 cm³/mol. The maximum atomic E-state index is 13.4. The number of hydrogen-bond acceptors (Lipinski definition) is 4. The Labute approximate surface area is 166 Å². The van der Waals surface area contributed by atoms with E-state index in [2.05, 4.69) is 10.2 Å². The van der Waals surface area contributed by atoms with Crippen LogP contribution in [-0.4, -0.2) is 74.1 Å². The third kappa shape index (κ3) is 5.29. The Morgan fingerprint density at radius 1 is 1.21 bits per heavy atom. The van der Waals surface area contributed by atoms with Crippen LogP contribution in [0.1, 0.15) is 36.0 Å². The highest BCUT2D eigenvalue weighted by molar-refractivity contribution is 5.94. The van der Waals surface area contributed by atoms with E-state index in [0.29, 0.717) is 37.8 Å². The number of methoxy groups -OCH3 is 1. The summed E-state index contributed by atoms with van der Waals surface area (Å²) in [6.45, 7) is 4.19. The molecule has 2 fully saturated rings. The van der Waals surface area contributed by atoms with Crippen LogP contribution in [0.15, 0.2) is 24.3 Å². The van der Waals surface area contributed by atoms with E-state index in [9.17, 15) is 14.0 Å². The molecule has 0 spiro atoms. The van der Waals surface area contributed by atoms with Gasteiger partial charge in [-0.25, -0.2) is 4.39 Å². The number of hydrogen-bond donors (Lipinski definition) is 1. The Bertz CT molecular complexity index is 677. The van der Waals surface area contributed by atoms with Gasteiger partial charge in [-0.05, 0) is 50.4 Å². The van der Waals surface area contributed by atoms with Gasteiger partial charge in [-0.2, -0.15) is 0 Å². The van der Waals surface area contributed by atoms with E-state index in [-0.39, 0.29) is 23.5 Å². The molecule has 1 aromatic carbocycles. The maximum Gasteiger partial charge on any atom is 0.253 e. The Kier molecular flexibility index (Phi) is 7.39. The highest BCUT2D eigenvalue weighted by Gasteiger charge is 2.32. The molecule has 2 aliphatic rings. The molecule has 0 aromatic heterocycles. The molecule has 6 nitrogen and oxygen atoms in total. The molecule has 2 aliphatic heterocycles. The van der Waals surface area contributed by atoms with Gasteiger partial charge >= 0.3 is 0 Å². The fraction of sp³-hybridized carbons (Fsp3) is 0.619. The van der Waals surface area contributed by atoms with Crippen molar-refractivity contribution in [2.45, 2.75) is 31.7 Å². The Hall–Kier alpha value is -1.99. The molecule has 1 atom stereocenters. The highest BCUT2D eigenvalue weighted by atomic mass is 19.1. The maximum absolute atomic E-state index is 13.4. The predicted octanol–water partition coefficient (Wildman–Crippen LogP) is 1.90. The third-order valence-electron chi connectivity index (χ3n) is 5.77. The normalized spacial score (nSPS) is 21.5. The number of rotatable bonds is 6. The van der Waals surface area contributed by atoms with Crippen molar-refractivity contribution in [3.05, 3.63) is 35.6 Å². The zero-order chi connectivity index (χ0) is 19.9. The van der Waals surface area contributed by atoms with Gasteiger partial charge in [-0.3, -0.25) is 14.5 Å². The Balaban J connectivity index is 1.49. The minimum Gasteiger partial charge on any atom is -0.383 e. The number of nitrogens with zero attached hydrogens (tertiary/aromatic N) is 2. The van der Waals surface area contributed by atoms with Crippen LogP contribution in [0.2, 0.25) is 0 Å². The lowest BCUT2D eigenvalue weighted by Crippen LogP contribution is -2.51. The van der Waals surface area contributed by atoms with E-state index in [1.54, 1.807) is 19.2 Å². The van der Waals surface area contributed by atoms with Gasteiger partial charge in [-0.1, -0.05) is 6.07 Å². The zero-order valence-corrected chi connectivity index (χ0v) is 16.5. The molecule has 1 N–H and O–H groups in total. The van der Waals surface area contributed by atoms with Crippen LogP contribution in [0, 0.1) is 11.7 Å². The molecule has 3 rings (SSSR count). The summed E-state index contributed by atoms with van der Waals surface area (Å²) in [5.41, 5.74) is 0.407. The van der Waals surface area contributed by atoms with Gasteiger partial charge in [-0.15, -0.1) is 0 Å². The van der Waals surface area contributed by atoms with Crippen LogP contribution >= 0.6 is 0 Å². The van der Waals surface area contributed by atoms with Crippen molar-refractivity contribution in [3.63, 3.8) is 0 Å². The molecule has 1 unspecified atom stereocenters. The number of nitrogens with one attached hydrogen (secondary N) is 1. The number of piperidine rings is 2. The quantitative estimate of drug-likeness (QED) is 0.753. The minimum atomic E-state index is -0.385. The molecule has 2 saturated heterocycles. The van der Waals surface area contributed by atoms with Crippen LogP contribution in [0.4, 0.5) is 4.39 Å². The van der Waals surface area contributed by atoms with Gasteiger partial charge in [0.15, 0.2) is 0 Å².